The summed E-state index contributed by atoms with van der Waals surface area (Å²) >= 11 is -3.18. The predicted octanol–water partition coefficient (Wildman–Crippen LogP) is -3.21. The van der Waals surface area contributed by atoms with E-state index in [-0.39, 0.29) is 30.7 Å². The summed E-state index contributed by atoms with van der Waals surface area (Å²) in [4.78, 5) is 0.345. The third-order valence-electron chi connectivity index (χ3n) is 5.21. The number of benzene rings is 2. The van der Waals surface area contributed by atoms with Crippen molar-refractivity contribution in [2.24, 2.45) is 5.92 Å². The van der Waals surface area contributed by atoms with Crippen LogP contribution in [0.5, 0.6) is 0 Å². The molecule has 27 heavy (non-hydrogen) atoms. The van der Waals surface area contributed by atoms with Crippen LogP contribution in [0.1, 0.15) is 19.4 Å². The molecule has 4 rings (SSSR count). The molecule has 1 aliphatic heterocycles. The van der Waals surface area contributed by atoms with E-state index in [0.29, 0.717) is 4.90 Å². The van der Waals surface area contributed by atoms with Gasteiger partial charge in [0.15, 0.2) is 0 Å². The van der Waals surface area contributed by atoms with Crippen LogP contribution in [0.2, 0.25) is 0 Å². The number of nitrogens with one attached hydrogen (secondary N) is 1. The molecule has 7 heteroatoms. The molecule has 0 saturated heterocycles. The van der Waals surface area contributed by atoms with Gasteiger partial charge in [-0.15, -0.1) is 0 Å². The number of fused-ring (bicyclic) bond motifs is 1. The topological polar surface area (TPSA) is 46.2 Å². The molecule has 0 fully saturated rings. The molecule has 1 aliphatic carbocycles. The molecule has 0 radical (unpaired) electrons. The standard InChI is InChI=1S/C7H8NO2S.C7H9.C6H4.2ClH.Ti/c1-6-2-4-7(5-3-6)11(8,9)10;1-6-3-4-7(2)5-6;1-2-4-6-5-3-1;;;/h2-5H,1H3,(H-,8,9,10);3-4,6H,1-2H3;1-4H;2*1H;/q-1;;;;;+3/p-2. The summed E-state index contributed by atoms with van der Waals surface area (Å²) in [6.45, 7) is 6.22. The molecule has 0 amide bonds. The van der Waals surface area contributed by atoms with Gasteiger partial charge in [0, 0.05) is 0 Å². The Kier molecular flexibility index (Phi) is 6.53. The van der Waals surface area contributed by atoms with Crippen molar-refractivity contribution in [3.05, 3.63) is 75.7 Å². The van der Waals surface area contributed by atoms with Crippen LogP contribution in [0.25, 0.3) is 0 Å². The van der Waals surface area contributed by atoms with Crippen LogP contribution in [-0.4, -0.2) is 8.42 Å². The quantitative estimate of drug-likeness (QED) is 0.491. The van der Waals surface area contributed by atoms with Crippen LogP contribution in [0, 0.1) is 12.8 Å². The van der Waals surface area contributed by atoms with Gasteiger partial charge in [-0.1, -0.05) is 0 Å². The minimum absolute atomic E-state index is 0. The maximum Gasteiger partial charge on any atom is -1.00 e. The zero-order valence-electron chi connectivity index (χ0n) is 15.3. The summed E-state index contributed by atoms with van der Waals surface area (Å²) < 4.78 is 33.3. The fourth-order valence-corrected chi connectivity index (χ4v) is 15.6. The van der Waals surface area contributed by atoms with Gasteiger partial charge in [-0.05, 0) is 0 Å². The maximum atomic E-state index is 13.1. The fourth-order valence-electron chi connectivity index (χ4n) is 3.96. The van der Waals surface area contributed by atoms with E-state index in [2.05, 4.69) is 41.3 Å². The van der Waals surface area contributed by atoms with Crippen molar-refractivity contribution in [1.82, 2.24) is 3.20 Å². The minimum Gasteiger partial charge on any atom is -1.00 e. The molecule has 0 aromatic heterocycles. The zero-order valence-corrected chi connectivity index (χ0v) is 19.2. The van der Waals surface area contributed by atoms with E-state index in [0.717, 1.165) is 5.56 Å². The van der Waals surface area contributed by atoms with Crippen molar-refractivity contribution >= 4 is 17.8 Å². The first-order chi connectivity index (χ1) is 11.9. The summed E-state index contributed by atoms with van der Waals surface area (Å²) in [7, 11) is -3.55. The number of halogens is 2. The van der Waals surface area contributed by atoms with E-state index in [1.807, 2.05) is 31.2 Å². The third kappa shape index (κ3) is 3.60. The zero-order chi connectivity index (χ0) is 17.8. The third-order valence-corrected chi connectivity index (χ3v) is 15.5. The van der Waals surface area contributed by atoms with Gasteiger partial charge in [0.1, 0.15) is 0 Å². The van der Waals surface area contributed by atoms with Crippen molar-refractivity contribution in [1.29, 1.82) is 0 Å². The van der Waals surface area contributed by atoms with Crippen LogP contribution in [0.4, 0.5) is 0 Å². The molecule has 142 valence electrons. The summed E-state index contributed by atoms with van der Waals surface area (Å²) in [5.41, 5.74) is 2.27. The Bertz CT molecular complexity index is 1010. The number of aryl methyl sites for hydroxylation is 1. The minimum atomic E-state index is -3.55. The van der Waals surface area contributed by atoms with Gasteiger partial charge >= 0.3 is 154 Å². The van der Waals surface area contributed by atoms with Gasteiger partial charge in [0.2, 0.25) is 0 Å². The second-order valence-electron chi connectivity index (χ2n) is 6.96. The van der Waals surface area contributed by atoms with E-state index >= 15 is 0 Å². The molecule has 1 heterocycles. The smallest absolute Gasteiger partial charge is 1.00 e. The van der Waals surface area contributed by atoms with Crippen molar-refractivity contribution in [2.45, 2.75) is 25.7 Å². The maximum absolute atomic E-state index is 13.1. The summed E-state index contributed by atoms with van der Waals surface area (Å²) in [5.74, 6) is 0.285. The van der Waals surface area contributed by atoms with Gasteiger partial charge in [-0.2, -0.15) is 0 Å². The SMILES string of the molecule is CC1=[C]([Ti+2]2([NH]S(=O)(=O)c3ccc(C)cc3)[c]3cccc[c]32)C(C)C=C1.[Cl-].[Cl-]. The first-order valence-electron chi connectivity index (χ1n) is 8.46. The Morgan fingerprint density at radius 3 is 1.96 bits per heavy atom. The number of sulfonamides is 1. The van der Waals surface area contributed by atoms with Crippen LogP contribution < -0.4 is 35.8 Å². The fraction of sp³-hybridized carbons (Fsp3) is 0.200. The number of allylic oxidation sites excluding steroid dienone is 4. The van der Waals surface area contributed by atoms with Crippen molar-refractivity contribution in [3.63, 3.8) is 0 Å². The Morgan fingerprint density at radius 1 is 0.926 bits per heavy atom. The van der Waals surface area contributed by atoms with E-state index in [1.165, 1.54) is 17.2 Å². The van der Waals surface area contributed by atoms with E-state index in [9.17, 15) is 8.42 Å². The van der Waals surface area contributed by atoms with E-state index < -0.39 is 26.9 Å². The van der Waals surface area contributed by atoms with Crippen molar-refractivity contribution in [3.8, 4) is 0 Å². The average Bonchev–Trinajstić information content (AvgIpc) is 3.06. The molecule has 2 aromatic rings. The summed E-state index contributed by atoms with van der Waals surface area (Å²) in [6.07, 6.45) is 4.31. The molecule has 3 nitrogen and oxygen atoms in total. The van der Waals surface area contributed by atoms with Crippen molar-refractivity contribution < 1.29 is 50.1 Å². The molecule has 2 aromatic carbocycles. The number of rotatable bonds is 4. The first kappa shape index (κ1) is 22.4. The first-order valence-corrected chi connectivity index (χ1v) is 13.1. The van der Waals surface area contributed by atoms with Gasteiger partial charge in [-0.3, -0.25) is 0 Å². The normalized spacial score (nSPS) is 18.0. The predicted molar refractivity (Wildman–Crippen MR) is 98.2 cm³/mol. The van der Waals surface area contributed by atoms with Gasteiger partial charge in [0.25, 0.3) is 0 Å². The second-order valence-corrected chi connectivity index (χ2v) is 14.5. The molecule has 1 atom stereocenters. The Balaban J connectivity index is 0.00000131. The van der Waals surface area contributed by atoms with Gasteiger partial charge in [-0.25, -0.2) is 0 Å². The molecule has 1 N–H and O–H groups in total. The van der Waals surface area contributed by atoms with Crippen LogP contribution >= 0.6 is 0 Å². The Hall–Kier alpha value is -0.876. The molecular weight excluding hydrogens is 437 g/mol. The number of hydrogen-bond donors (Lipinski definition) is 1. The average molecular weight is 458 g/mol. The number of hydrogen-bond acceptors (Lipinski definition) is 2. The van der Waals surface area contributed by atoms with Gasteiger partial charge in [0.05, 0.1) is 0 Å². The molecular formula is C20H21Cl2NO2STi. The van der Waals surface area contributed by atoms with E-state index in [4.69, 9.17) is 0 Å². The van der Waals surface area contributed by atoms with Crippen molar-refractivity contribution in [2.75, 3.05) is 0 Å². The summed E-state index contributed by atoms with van der Waals surface area (Å²) in [5, 5.41) is 0. The molecule has 0 saturated carbocycles. The van der Waals surface area contributed by atoms with Crippen LogP contribution in [-0.2, 0) is 26.9 Å². The van der Waals surface area contributed by atoms with E-state index in [1.54, 1.807) is 12.1 Å². The van der Waals surface area contributed by atoms with Gasteiger partial charge < -0.3 is 24.8 Å². The Labute approximate surface area is 177 Å². The van der Waals surface area contributed by atoms with Crippen LogP contribution in [0.3, 0.4) is 0 Å². The Morgan fingerprint density at radius 2 is 1.48 bits per heavy atom. The monoisotopic (exact) mass is 457 g/mol. The molecule has 1 unspecified atom stereocenters. The second kappa shape index (κ2) is 7.86. The molecule has 0 bridgehead atoms. The molecule has 0 spiro atoms. The molecule has 2 aliphatic rings. The summed E-state index contributed by atoms with van der Waals surface area (Å²) in [6, 6.07) is 15.3. The van der Waals surface area contributed by atoms with Crippen LogP contribution in [0.15, 0.2) is 75.0 Å². The largest absolute Gasteiger partial charge is 1.00 e.